The first-order valence-corrected chi connectivity index (χ1v) is 9.20. The Morgan fingerprint density at radius 3 is 2.71 bits per heavy atom. The molecule has 1 amide bonds. The van der Waals surface area contributed by atoms with E-state index in [2.05, 4.69) is 36.9 Å². The molecule has 2 aliphatic rings. The number of hydrogen-bond donors (Lipinski definition) is 1. The zero-order valence-electron chi connectivity index (χ0n) is 15.0. The number of halogens is 1. The SMILES string of the molecule is Cc1cccc(C2CCCCN2C(=O)[C@@H]2CCC[C@@H]2CN)c1C.Cl. The van der Waals surface area contributed by atoms with E-state index < -0.39 is 0 Å². The molecule has 3 rings (SSSR count). The van der Waals surface area contributed by atoms with E-state index in [0.717, 1.165) is 38.6 Å². The van der Waals surface area contributed by atoms with Crippen molar-refractivity contribution in [3.05, 3.63) is 34.9 Å². The Bertz CT molecular complexity index is 575. The van der Waals surface area contributed by atoms with Gasteiger partial charge in [-0.25, -0.2) is 0 Å². The molecule has 1 saturated heterocycles. The van der Waals surface area contributed by atoms with Crippen LogP contribution in [0.25, 0.3) is 0 Å². The van der Waals surface area contributed by atoms with E-state index in [0.29, 0.717) is 18.4 Å². The number of benzene rings is 1. The lowest BCUT2D eigenvalue weighted by molar-refractivity contribution is -0.140. The zero-order valence-corrected chi connectivity index (χ0v) is 15.8. The fourth-order valence-electron chi connectivity index (χ4n) is 4.51. The molecule has 1 aliphatic carbocycles. The summed E-state index contributed by atoms with van der Waals surface area (Å²) in [6, 6.07) is 6.77. The lowest BCUT2D eigenvalue weighted by atomic mass is 9.87. The summed E-state index contributed by atoms with van der Waals surface area (Å²) < 4.78 is 0. The molecule has 0 radical (unpaired) electrons. The predicted octanol–water partition coefficient (Wildman–Crippen LogP) is 4.15. The van der Waals surface area contributed by atoms with E-state index in [-0.39, 0.29) is 24.4 Å². The molecular formula is C20H31ClN2O. The maximum Gasteiger partial charge on any atom is 0.226 e. The second-order valence-corrected chi connectivity index (χ2v) is 7.37. The number of hydrogen-bond acceptors (Lipinski definition) is 2. The Morgan fingerprint density at radius 2 is 1.96 bits per heavy atom. The van der Waals surface area contributed by atoms with Gasteiger partial charge in [-0.2, -0.15) is 0 Å². The number of rotatable bonds is 3. The van der Waals surface area contributed by atoms with E-state index in [4.69, 9.17) is 5.73 Å². The number of carbonyl (C=O) groups is 1. The van der Waals surface area contributed by atoms with Crippen molar-refractivity contribution in [3.63, 3.8) is 0 Å². The Morgan fingerprint density at radius 1 is 1.17 bits per heavy atom. The van der Waals surface area contributed by atoms with Crippen LogP contribution in [0.3, 0.4) is 0 Å². The number of nitrogens with two attached hydrogens (primary N) is 1. The summed E-state index contributed by atoms with van der Waals surface area (Å²) >= 11 is 0. The minimum absolute atomic E-state index is 0. The van der Waals surface area contributed by atoms with Gasteiger partial charge < -0.3 is 10.6 Å². The minimum atomic E-state index is 0. The monoisotopic (exact) mass is 350 g/mol. The maximum atomic E-state index is 13.2. The third-order valence-electron chi connectivity index (χ3n) is 6.07. The van der Waals surface area contributed by atoms with E-state index >= 15 is 0 Å². The summed E-state index contributed by atoms with van der Waals surface area (Å²) in [4.78, 5) is 15.4. The van der Waals surface area contributed by atoms with Crippen molar-refractivity contribution in [2.24, 2.45) is 17.6 Å². The first kappa shape index (κ1) is 19.3. The van der Waals surface area contributed by atoms with Crippen LogP contribution in [-0.2, 0) is 4.79 Å². The highest BCUT2D eigenvalue weighted by molar-refractivity contribution is 5.85. The molecule has 3 nitrogen and oxygen atoms in total. The van der Waals surface area contributed by atoms with E-state index in [9.17, 15) is 4.79 Å². The molecule has 1 unspecified atom stereocenters. The zero-order chi connectivity index (χ0) is 16.4. The van der Waals surface area contributed by atoms with E-state index in [1.54, 1.807) is 0 Å². The Kier molecular flexibility index (Phi) is 6.70. The van der Waals surface area contributed by atoms with Crippen LogP contribution in [0, 0.1) is 25.7 Å². The molecular weight excluding hydrogens is 320 g/mol. The molecule has 1 aromatic rings. The standard InChI is InChI=1S/C20H30N2O.ClH/c1-14-7-5-9-17(15(14)2)19-11-3-4-12-22(19)20(23)18-10-6-8-16(18)13-21;/h5,7,9,16,18-19H,3-4,6,8,10-13,21H2,1-2H3;1H/t16-,18-,19?;/m1./s1. The van der Waals surface area contributed by atoms with E-state index in [1.807, 2.05) is 0 Å². The van der Waals surface area contributed by atoms with Gasteiger partial charge in [-0.15, -0.1) is 12.4 Å². The van der Waals surface area contributed by atoms with Crippen LogP contribution in [0.1, 0.15) is 61.3 Å². The van der Waals surface area contributed by atoms with Gasteiger partial charge in [0, 0.05) is 12.5 Å². The van der Waals surface area contributed by atoms with Crippen LogP contribution in [-0.4, -0.2) is 23.9 Å². The second kappa shape index (κ2) is 8.35. The second-order valence-electron chi connectivity index (χ2n) is 7.37. The van der Waals surface area contributed by atoms with Crippen molar-refractivity contribution in [1.82, 2.24) is 4.90 Å². The topological polar surface area (TPSA) is 46.3 Å². The van der Waals surface area contributed by atoms with Crippen LogP contribution < -0.4 is 5.73 Å². The summed E-state index contributed by atoms with van der Waals surface area (Å²) in [6.45, 7) is 5.92. The average Bonchev–Trinajstić information content (AvgIpc) is 3.05. The molecule has 2 fully saturated rings. The fourth-order valence-corrected chi connectivity index (χ4v) is 4.51. The number of aryl methyl sites for hydroxylation is 1. The van der Waals surface area contributed by atoms with Gasteiger partial charge in [0.1, 0.15) is 0 Å². The highest BCUT2D eigenvalue weighted by Crippen LogP contribution is 2.38. The smallest absolute Gasteiger partial charge is 0.226 e. The molecule has 4 heteroatoms. The largest absolute Gasteiger partial charge is 0.335 e. The summed E-state index contributed by atoms with van der Waals surface area (Å²) in [7, 11) is 0. The predicted molar refractivity (Wildman–Crippen MR) is 101 cm³/mol. The van der Waals surface area contributed by atoms with Crippen molar-refractivity contribution in [1.29, 1.82) is 0 Å². The van der Waals surface area contributed by atoms with Crippen LogP contribution >= 0.6 is 12.4 Å². The van der Waals surface area contributed by atoms with Gasteiger partial charge in [0.25, 0.3) is 0 Å². The average molecular weight is 351 g/mol. The molecule has 1 saturated carbocycles. The Labute approximate surface area is 152 Å². The van der Waals surface area contributed by atoms with Gasteiger partial charge in [-0.05, 0) is 75.1 Å². The molecule has 1 aromatic carbocycles. The molecule has 0 spiro atoms. The lowest BCUT2D eigenvalue weighted by Gasteiger charge is -2.39. The van der Waals surface area contributed by atoms with Crippen LogP contribution in [0.4, 0.5) is 0 Å². The van der Waals surface area contributed by atoms with Gasteiger partial charge in [-0.3, -0.25) is 4.79 Å². The summed E-state index contributed by atoms with van der Waals surface area (Å²) in [5, 5.41) is 0. The number of likely N-dealkylation sites (tertiary alicyclic amines) is 1. The summed E-state index contributed by atoms with van der Waals surface area (Å²) in [6.07, 6.45) is 6.74. The van der Waals surface area contributed by atoms with Crippen molar-refractivity contribution in [2.45, 2.75) is 58.4 Å². The van der Waals surface area contributed by atoms with Gasteiger partial charge in [0.05, 0.1) is 6.04 Å². The van der Waals surface area contributed by atoms with E-state index in [1.165, 1.54) is 23.1 Å². The molecule has 2 N–H and O–H groups in total. The minimum Gasteiger partial charge on any atom is -0.335 e. The third-order valence-corrected chi connectivity index (χ3v) is 6.07. The number of nitrogens with zero attached hydrogens (tertiary/aromatic N) is 1. The van der Waals surface area contributed by atoms with Crippen LogP contribution in [0.5, 0.6) is 0 Å². The van der Waals surface area contributed by atoms with Gasteiger partial charge >= 0.3 is 0 Å². The summed E-state index contributed by atoms with van der Waals surface area (Å²) in [5.74, 6) is 0.915. The normalized spacial score (nSPS) is 27.0. The molecule has 134 valence electrons. The molecule has 1 aliphatic heterocycles. The first-order chi connectivity index (χ1) is 11.1. The third kappa shape index (κ3) is 3.62. The molecule has 24 heavy (non-hydrogen) atoms. The number of carbonyl (C=O) groups excluding carboxylic acids is 1. The fraction of sp³-hybridized carbons (Fsp3) is 0.650. The maximum absolute atomic E-state index is 13.2. The molecule has 0 aromatic heterocycles. The molecule has 0 bridgehead atoms. The number of piperidine rings is 1. The highest BCUT2D eigenvalue weighted by Gasteiger charge is 2.38. The number of amides is 1. The van der Waals surface area contributed by atoms with Crippen molar-refractivity contribution in [3.8, 4) is 0 Å². The molecule has 1 heterocycles. The summed E-state index contributed by atoms with van der Waals surface area (Å²) in [5.41, 5.74) is 9.92. The van der Waals surface area contributed by atoms with Gasteiger partial charge in [0.15, 0.2) is 0 Å². The van der Waals surface area contributed by atoms with Crippen molar-refractivity contribution >= 4 is 18.3 Å². The molecule has 3 atom stereocenters. The lowest BCUT2D eigenvalue weighted by Crippen LogP contribution is -2.43. The van der Waals surface area contributed by atoms with Crippen molar-refractivity contribution < 1.29 is 4.79 Å². The highest BCUT2D eigenvalue weighted by atomic mass is 35.5. The van der Waals surface area contributed by atoms with Crippen LogP contribution in [0.2, 0.25) is 0 Å². The Hall–Kier alpha value is -1.06. The first-order valence-electron chi connectivity index (χ1n) is 9.20. The van der Waals surface area contributed by atoms with Gasteiger partial charge in [-0.1, -0.05) is 24.6 Å². The van der Waals surface area contributed by atoms with Gasteiger partial charge in [0.2, 0.25) is 5.91 Å². The Balaban J connectivity index is 0.00000208. The van der Waals surface area contributed by atoms with Crippen LogP contribution in [0.15, 0.2) is 18.2 Å². The van der Waals surface area contributed by atoms with Crippen molar-refractivity contribution in [2.75, 3.05) is 13.1 Å². The quantitative estimate of drug-likeness (QED) is 0.889.